The predicted octanol–water partition coefficient (Wildman–Crippen LogP) is 2.61. The summed E-state index contributed by atoms with van der Waals surface area (Å²) in [6, 6.07) is 6.87. The van der Waals surface area contributed by atoms with Gasteiger partial charge in [0.05, 0.1) is 18.8 Å². The van der Waals surface area contributed by atoms with Gasteiger partial charge >= 0.3 is 0 Å². The predicted molar refractivity (Wildman–Crippen MR) is 104 cm³/mol. The number of ether oxygens (including phenoxy) is 1. The van der Waals surface area contributed by atoms with E-state index < -0.39 is 0 Å². The highest BCUT2D eigenvalue weighted by atomic mass is 16.5. The number of fused-ring (bicyclic) bond motifs is 1. The summed E-state index contributed by atoms with van der Waals surface area (Å²) in [5.41, 5.74) is 8.64. The van der Waals surface area contributed by atoms with E-state index in [2.05, 4.69) is 14.9 Å². The molecule has 1 aliphatic heterocycles. The van der Waals surface area contributed by atoms with Gasteiger partial charge in [-0.05, 0) is 19.1 Å². The van der Waals surface area contributed by atoms with Crippen LogP contribution in [0, 0.1) is 0 Å². The largest absolute Gasteiger partial charge is 0.508 e. The van der Waals surface area contributed by atoms with Crippen LogP contribution in [0.4, 0.5) is 11.7 Å². The van der Waals surface area contributed by atoms with Gasteiger partial charge < -0.3 is 24.9 Å². The number of aliphatic imine (C=N–C) groups is 1. The summed E-state index contributed by atoms with van der Waals surface area (Å²) < 4.78 is 11.5. The van der Waals surface area contributed by atoms with E-state index >= 15 is 0 Å². The maximum absolute atomic E-state index is 9.84. The van der Waals surface area contributed by atoms with Crippen LogP contribution in [0.25, 0.3) is 22.5 Å². The lowest BCUT2D eigenvalue weighted by Gasteiger charge is -2.27. The Hall–Kier alpha value is -2.97. The smallest absolute Gasteiger partial charge is 0.226 e. The Morgan fingerprint density at radius 3 is 2.81 bits per heavy atom. The zero-order chi connectivity index (χ0) is 18.8. The highest BCUT2D eigenvalue weighted by Crippen LogP contribution is 2.37. The van der Waals surface area contributed by atoms with Crippen molar-refractivity contribution in [3.8, 4) is 17.1 Å². The quantitative estimate of drug-likeness (QED) is 0.682. The van der Waals surface area contributed by atoms with Crippen LogP contribution in [0.5, 0.6) is 5.75 Å². The fourth-order valence-electron chi connectivity index (χ4n) is 3.17. The first-order valence-electron chi connectivity index (χ1n) is 8.85. The number of furan rings is 1. The maximum Gasteiger partial charge on any atom is 0.226 e. The first-order chi connectivity index (χ1) is 13.2. The molecular weight excluding hydrogens is 346 g/mol. The average molecular weight is 367 g/mol. The molecule has 140 valence electrons. The number of aromatic nitrogens is 2. The van der Waals surface area contributed by atoms with E-state index in [9.17, 15) is 5.11 Å². The van der Waals surface area contributed by atoms with Crippen molar-refractivity contribution in [2.24, 2.45) is 10.7 Å². The molecule has 3 N–H and O–H groups in total. The number of aromatic hydroxyl groups is 1. The summed E-state index contributed by atoms with van der Waals surface area (Å²) in [6.07, 6.45) is 1.66. The van der Waals surface area contributed by atoms with Crippen molar-refractivity contribution >= 4 is 29.0 Å². The van der Waals surface area contributed by atoms with Crippen LogP contribution in [0.2, 0.25) is 0 Å². The lowest BCUT2D eigenvalue weighted by Crippen LogP contribution is -2.37. The number of anilines is 1. The molecule has 2 aromatic heterocycles. The molecule has 3 heterocycles. The normalized spacial score (nSPS) is 15.1. The van der Waals surface area contributed by atoms with Crippen molar-refractivity contribution < 1.29 is 14.3 Å². The number of morpholine rings is 1. The fraction of sp³-hybridized carbons (Fsp3) is 0.316. The first kappa shape index (κ1) is 17.4. The first-order valence-corrected chi connectivity index (χ1v) is 8.85. The Morgan fingerprint density at radius 2 is 2.11 bits per heavy atom. The maximum atomic E-state index is 9.84. The molecule has 1 aliphatic rings. The molecule has 0 bridgehead atoms. The molecule has 8 nitrogen and oxygen atoms in total. The van der Waals surface area contributed by atoms with Crippen molar-refractivity contribution in [2.45, 2.75) is 13.5 Å². The second kappa shape index (κ2) is 7.34. The molecule has 1 aromatic carbocycles. The van der Waals surface area contributed by atoms with Crippen LogP contribution in [0.15, 0.2) is 33.7 Å². The molecule has 27 heavy (non-hydrogen) atoms. The van der Waals surface area contributed by atoms with Crippen LogP contribution >= 0.6 is 0 Å². The van der Waals surface area contributed by atoms with Crippen molar-refractivity contribution in [3.05, 3.63) is 29.8 Å². The van der Waals surface area contributed by atoms with Gasteiger partial charge in [-0.1, -0.05) is 12.1 Å². The molecule has 0 radical (unpaired) electrons. The molecular formula is C19H21N5O3. The zero-order valence-corrected chi connectivity index (χ0v) is 15.1. The van der Waals surface area contributed by atoms with Crippen molar-refractivity contribution in [2.75, 3.05) is 31.2 Å². The molecule has 1 saturated heterocycles. The highest BCUT2D eigenvalue weighted by Gasteiger charge is 2.24. The lowest BCUT2D eigenvalue weighted by molar-refractivity contribution is 0.122. The Bertz CT molecular complexity index is 992. The van der Waals surface area contributed by atoms with Gasteiger partial charge in [-0.3, -0.25) is 0 Å². The number of phenolic OH excluding ortho intramolecular Hbond substituents is 1. The second-order valence-corrected chi connectivity index (χ2v) is 6.18. The molecule has 4 rings (SSSR count). The van der Waals surface area contributed by atoms with Gasteiger partial charge in [-0.25, -0.2) is 15.0 Å². The third kappa shape index (κ3) is 3.24. The molecule has 1 fully saturated rings. The minimum atomic E-state index is 0.159. The monoisotopic (exact) mass is 367 g/mol. The number of rotatable bonds is 4. The van der Waals surface area contributed by atoms with Crippen molar-refractivity contribution in [3.63, 3.8) is 0 Å². The number of hydrogen-bond acceptors (Lipinski definition) is 8. The Morgan fingerprint density at radius 1 is 1.30 bits per heavy atom. The highest BCUT2D eigenvalue weighted by molar-refractivity contribution is 5.92. The van der Waals surface area contributed by atoms with Gasteiger partial charge in [-0.2, -0.15) is 0 Å². The van der Waals surface area contributed by atoms with Gasteiger partial charge in [0.25, 0.3) is 0 Å². The third-order valence-corrected chi connectivity index (χ3v) is 4.46. The van der Waals surface area contributed by atoms with Gasteiger partial charge in [0.15, 0.2) is 17.2 Å². The SMILES string of the molecule is C/C=N\c1oc2c(N3CCOCC3)nc(-c3cccc(O)c3)nc2c1CN. The Balaban J connectivity index is 1.97. The zero-order valence-electron chi connectivity index (χ0n) is 15.1. The molecule has 0 aliphatic carbocycles. The molecule has 8 heteroatoms. The minimum Gasteiger partial charge on any atom is -0.508 e. The standard InChI is InChI=1S/C19H21N5O3/c1-2-21-19-14(11-20)15-16(27-19)18(24-6-8-26-9-7-24)23-17(22-15)12-4-3-5-13(25)10-12/h2-5,10,25H,6-9,11,20H2,1H3/b21-2-. The number of benzene rings is 1. The van der Waals surface area contributed by atoms with Gasteiger partial charge in [0.2, 0.25) is 5.88 Å². The van der Waals surface area contributed by atoms with E-state index in [0.29, 0.717) is 54.9 Å². The Kier molecular flexibility index (Phi) is 4.74. The van der Waals surface area contributed by atoms with Crippen LogP contribution in [0.3, 0.4) is 0 Å². The lowest BCUT2D eigenvalue weighted by atomic mass is 10.2. The van der Waals surface area contributed by atoms with Gasteiger partial charge in [0.1, 0.15) is 11.3 Å². The summed E-state index contributed by atoms with van der Waals surface area (Å²) in [7, 11) is 0. The molecule has 3 aromatic rings. The molecule has 0 atom stereocenters. The van der Waals surface area contributed by atoms with E-state index in [1.807, 2.05) is 13.0 Å². The molecule has 0 spiro atoms. The molecule has 0 saturated carbocycles. The topological polar surface area (TPSA) is 110 Å². The van der Waals surface area contributed by atoms with E-state index in [4.69, 9.17) is 19.9 Å². The van der Waals surface area contributed by atoms with E-state index in [-0.39, 0.29) is 12.3 Å². The van der Waals surface area contributed by atoms with Crippen LogP contribution in [-0.4, -0.2) is 47.6 Å². The summed E-state index contributed by atoms with van der Waals surface area (Å²) in [6.45, 7) is 4.72. The summed E-state index contributed by atoms with van der Waals surface area (Å²) in [4.78, 5) is 15.8. The molecule has 0 unspecified atom stereocenters. The number of nitrogens with zero attached hydrogens (tertiary/aromatic N) is 4. The molecule has 0 amide bonds. The number of hydrogen-bond donors (Lipinski definition) is 2. The summed E-state index contributed by atoms with van der Waals surface area (Å²) >= 11 is 0. The summed E-state index contributed by atoms with van der Waals surface area (Å²) in [5.74, 6) is 1.80. The van der Waals surface area contributed by atoms with E-state index in [1.165, 1.54) is 0 Å². The third-order valence-electron chi connectivity index (χ3n) is 4.46. The van der Waals surface area contributed by atoms with Crippen molar-refractivity contribution in [1.29, 1.82) is 0 Å². The number of nitrogens with two attached hydrogens (primary N) is 1. The van der Waals surface area contributed by atoms with Gasteiger partial charge in [-0.15, -0.1) is 0 Å². The average Bonchev–Trinajstić information content (AvgIpc) is 3.05. The fourth-order valence-corrected chi connectivity index (χ4v) is 3.17. The van der Waals surface area contributed by atoms with Crippen LogP contribution < -0.4 is 10.6 Å². The van der Waals surface area contributed by atoms with Gasteiger partial charge in [0, 0.05) is 31.4 Å². The minimum absolute atomic E-state index is 0.159. The summed E-state index contributed by atoms with van der Waals surface area (Å²) in [5, 5.41) is 9.84. The van der Waals surface area contributed by atoms with Crippen LogP contribution in [-0.2, 0) is 11.3 Å². The number of phenols is 1. The van der Waals surface area contributed by atoms with Crippen LogP contribution in [0.1, 0.15) is 12.5 Å². The van der Waals surface area contributed by atoms with E-state index in [1.54, 1.807) is 24.4 Å². The van der Waals surface area contributed by atoms with Crippen molar-refractivity contribution in [1.82, 2.24) is 9.97 Å². The Labute approximate surface area is 156 Å². The second-order valence-electron chi connectivity index (χ2n) is 6.18. The van der Waals surface area contributed by atoms with E-state index in [0.717, 1.165) is 11.1 Å².